The molecule has 0 saturated heterocycles. The first-order valence-corrected chi connectivity index (χ1v) is 8.90. The van der Waals surface area contributed by atoms with Crippen molar-refractivity contribution in [3.05, 3.63) is 64.2 Å². The van der Waals surface area contributed by atoms with Crippen molar-refractivity contribution >= 4 is 17.6 Å². The highest BCUT2D eigenvalue weighted by atomic mass is 19.1. The minimum absolute atomic E-state index is 0.150. The van der Waals surface area contributed by atoms with Crippen LogP contribution < -0.4 is 5.32 Å². The number of benzene rings is 2. The third-order valence-electron chi connectivity index (χ3n) is 4.44. The molecule has 0 saturated carbocycles. The van der Waals surface area contributed by atoms with Crippen molar-refractivity contribution in [3.8, 4) is 0 Å². The second-order valence-electron chi connectivity index (χ2n) is 8.87. The number of hydrogen-bond donors (Lipinski definition) is 2. The molecular weight excluding hydrogens is 364 g/mol. The molecule has 0 atom stereocenters. The zero-order chi connectivity index (χ0) is 21.4. The Balaban J connectivity index is 2.46. The van der Waals surface area contributed by atoms with Crippen LogP contribution in [0, 0.1) is 11.6 Å². The molecule has 150 valence electrons. The van der Waals surface area contributed by atoms with E-state index in [-0.39, 0.29) is 16.5 Å². The monoisotopic (exact) mass is 389 g/mol. The highest BCUT2D eigenvalue weighted by molar-refractivity contribution is 6.04. The van der Waals surface area contributed by atoms with E-state index in [9.17, 15) is 18.4 Å². The summed E-state index contributed by atoms with van der Waals surface area (Å²) >= 11 is 0. The normalized spacial score (nSPS) is 12.0. The number of aromatic carboxylic acids is 1. The van der Waals surface area contributed by atoms with Crippen LogP contribution in [0.3, 0.4) is 0 Å². The maximum Gasteiger partial charge on any atom is 0.341 e. The molecule has 0 bridgehead atoms. The van der Waals surface area contributed by atoms with Gasteiger partial charge in [-0.05, 0) is 46.2 Å². The van der Waals surface area contributed by atoms with Gasteiger partial charge in [0.1, 0.15) is 17.2 Å². The van der Waals surface area contributed by atoms with Crippen molar-refractivity contribution in [1.29, 1.82) is 0 Å². The fraction of sp³-hybridized carbons (Fsp3) is 0.364. The third-order valence-corrected chi connectivity index (χ3v) is 4.44. The summed E-state index contributed by atoms with van der Waals surface area (Å²) in [7, 11) is 0. The summed E-state index contributed by atoms with van der Waals surface area (Å²) < 4.78 is 27.8. The molecule has 2 N–H and O–H groups in total. The molecule has 0 aliphatic carbocycles. The van der Waals surface area contributed by atoms with E-state index >= 15 is 0 Å². The Morgan fingerprint density at radius 2 is 1.25 bits per heavy atom. The van der Waals surface area contributed by atoms with E-state index in [4.69, 9.17) is 5.11 Å². The molecule has 0 aliphatic rings. The van der Waals surface area contributed by atoms with Crippen molar-refractivity contribution in [2.24, 2.45) is 0 Å². The van der Waals surface area contributed by atoms with E-state index in [1.165, 1.54) is 0 Å². The second-order valence-corrected chi connectivity index (χ2v) is 8.87. The number of hydrogen-bond acceptors (Lipinski definition) is 2. The molecule has 4 nitrogen and oxygen atoms in total. The lowest BCUT2D eigenvalue weighted by molar-refractivity contribution is 0.0686. The minimum atomic E-state index is -1.71. The summed E-state index contributed by atoms with van der Waals surface area (Å²) in [5, 5.41) is 11.3. The fourth-order valence-electron chi connectivity index (χ4n) is 2.68. The molecule has 0 unspecified atom stereocenters. The molecule has 28 heavy (non-hydrogen) atoms. The standard InChI is InChI=1S/C22H25F2NO3/c1-21(2,3)13-7-12(8-14(9-13)22(4,5)6)19(26)25-15-10-16(23)18(20(27)28)17(24)11-15/h7-11H,1-6H3,(H,25,26)(H,27,28). The molecule has 1 amide bonds. The maximum atomic E-state index is 13.9. The number of rotatable bonds is 3. The molecule has 6 heteroatoms. The Labute approximate surface area is 163 Å². The first-order chi connectivity index (χ1) is 12.7. The van der Waals surface area contributed by atoms with Crippen molar-refractivity contribution in [1.82, 2.24) is 0 Å². The van der Waals surface area contributed by atoms with Gasteiger partial charge in [-0.1, -0.05) is 47.6 Å². The Kier molecular flexibility index (Phi) is 5.64. The number of carbonyl (C=O) groups excluding carboxylic acids is 1. The summed E-state index contributed by atoms with van der Waals surface area (Å²) in [6, 6.07) is 7.15. The number of carboxylic acids is 1. The summed E-state index contributed by atoms with van der Waals surface area (Å²) in [5.74, 6) is -4.73. The molecule has 0 aliphatic heterocycles. The average molecular weight is 389 g/mol. The minimum Gasteiger partial charge on any atom is -0.477 e. The van der Waals surface area contributed by atoms with Crippen LogP contribution in [0.5, 0.6) is 0 Å². The van der Waals surface area contributed by atoms with Crippen LogP contribution in [0.25, 0.3) is 0 Å². The van der Waals surface area contributed by atoms with Gasteiger partial charge in [-0.25, -0.2) is 13.6 Å². The van der Waals surface area contributed by atoms with E-state index in [0.717, 1.165) is 23.3 Å². The maximum absolute atomic E-state index is 13.9. The van der Waals surface area contributed by atoms with E-state index in [0.29, 0.717) is 5.56 Å². The Hall–Kier alpha value is -2.76. The highest BCUT2D eigenvalue weighted by Gasteiger charge is 2.23. The predicted molar refractivity (Wildman–Crippen MR) is 105 cm³/mol. The van der Waals surface area contributed by atoms with Crippen molar-refractivity contribution in [2.75, 3.05) is 5.32 Å². The number of anilines is 1. The van der Waals surface area contributed by atoms with Crippen LogP contribution >= 0.6 is 0 Å². The average Bonchev–Trinajstić information content (AvgIpc) is 2.51. The van der Waals surface area contributed by atoms with Gasteiger partial charge in [0.15, 0.2) is 0 Å². The highest BCUT2D eigenvalue weighted by Crippen LogP contribution is 2.30. The summed E-state index contributed by atoms with van der Waals surface area (Å²) in [6.45, 7) is 12.2. The lowest BCUT2D eigenvalue weighted by atomic mass is 9.79. The first-order valence-electron chi connectivity index (χ1n) is 8.90. The lowest BCUT2D eigenvalue weighted by Gasteiger charge is -2.26. The lowest BCUT2D eigenvalue weighted by Crippen LogP contribution is -2.20. The Morgan fingerprint density at radius 1 is 0.821 bits per heavy atom. The zero-order valence-corrected chi connectivity index (χ0v) is 16.9. The number of carbonyl (C=O) groups is 2. The van der Waals surface area contributed by atoms with Gasteiger partial charge in [0.05, 0.1) is 0 Å². The van der Waals surface area contributed by atoms with Crippen molar-refractivity contribution < 1.29 is 23.5 Å². The van der Waals surface area contributed by atoms with Gasteiger partial charge in [-0.2, -0.15) is 0 Å². The summed E-state index contributed by atoms with van der Waals surface area (Å²) in [6.07, 6.45) is 0. The molecule has 2 aromatic rings. The van der Waals surface area contributed by atoms with Gasteiger partial charge in [0, 0.05) is 11.3 Å². The molecule has 0 heterocycles. The quantitative estimate of drug-likeness (QED) is 0.727. The smallest absolute Gasteiger partial charge is 0.341 e. The number of amides is 1. The molecular formula is C22H25F2NO3. The molecule has 0 fully saturated rings. The van der Waals surface area contributed by atoms with E-state index in [1.807, 2.05) is 41.5 Å². The van der Waals surface area contributed by atoms with Crippen LogP contribution in [0.2, 0.25) is 0 Å². The summed E-state index contributed by atoms with van der Waals surface area (Å²) in [5.41, 5.74) is 0.689. The van der Waals surface area contributed by atoms with Crippen LogP contribution in [-0.4, -0.2) is 17.0 Å². The molecule has 0 radical (unpaired) electrons. The first kappa shape index (κ1) is 21.5. The second kappa shape index (κ2) is 7.34. The van der Waals surface area contributed by atoms with Crippen LogP contribution in [0.1, 0.15) is 73.4 Å². The van der Waals surface area contributed by atoms with Crippen LogP contribution in [0.15, 0.2) is 30.3 Å². The molecule has 0 spiro atoms. The van der Waals surface area contributed by atoms with E-state index in [2.05, 4.69) is 11.4 Å². The predicted octanol–water partition coefficient (Wildman–Crippen LogP) is 5.51. The molecule has 0 aromatic heterocycles. The van der Waals surface area contributed by atoms with Gasteiger partial charge in [-0.3, -0.25) is 4.79 Å². The van der Waals surface area contributed by atoms with E-state index < -0.39 is 29.1 Å². The Morgan fingerprint density at radius 3 is 1.61 bits per heavy atom. The number of nitrogens with one attached hydrogen (secondary N) is 1. The largest absolute Gasteiger partial charge is 0.477 e. The SMILES string of the molecule is CC(C)(C)c1cc(C(=O)Nc2cc(F)c(C(=O)O)c(F)c2)cc(C(C)(C)C)c1. The molecule has 2 rings (SSSR count). The topological polar surface area (TPSA) is 66.4 Å². The zero-order valence-electron chi connectivity index (χ0n) is 16.9. The van der Waals surface area contributed by atoms with Crippen LogP contribution in [-0.2, 0) is 10.8 Å². The van der Waals surface area contributed by atoms with Gasteiger partial charge in [0.2, 0.25) is 0 Å². The Bertz CT molecular complexity index is 883. The fourth-order valence-corrected chi connectivity index (χ4v) is 2.68. The van der Waals surface area contributed by atoms with Gasteiger partial charge in [0.25, 0.3) is 5.91 Å². The summed E-state index contributed by atoms with van der Waals surface area (Å²) in [4.78, 5) is 23.6. The van der Waals surface area contributed by atoms with Gasteiger partial charge < -0.3 is 10.4 Å². The van der Waals surface area contributed by atoms with Gasteiger partial charge >= 0.3 is 5.97 Å². The van der Waals surface area contributed by atoms with E-state index in [1.54, 1.807) is 12.1 Å². The number of carboxylic acid groups (broad SMARTS) is 1. The number of halogens is 2. The van der Waals surface area contributed by atoms with Crippen molar-refractivity contribution in [2.45, 2.75) is 52.4 Å². The van der Waals surface area contributed by atoms with Gasteiger partial charge in [-0.15, -0.1) is 0 Å². The van der Waals surface area contributed by atoms with Crippen LogP contribution in [0.4, 0.5) is 14.5 Å². The van der Waals surface area contributed by atoms with Crippen molar-refractivity contribution in [3.63, 3.8) is 0 Å². The third kappa shape index (κ3) is 4.74. The molecule has 2 aromatic carbocycles.